The quantitative estimate of drug-likeness (QED) is 0.357. The number of nitrogens with zero attached hydrogens (tertiary/aromatic N) is 4. The molecule has 4 aromatic rings. The van der Waals surface area contributed by atoms with Crippen LogP contribution in [0.2, 0.25) is 0 Å². The molecule has 1 fully saturated rings. The number of nitrogens with one attached hydrogen (secondary N) is 2. The van der Waals surface area contributed by atoms with Crippen LogP contribution in [0.1, 0.15) is 41.3 Å². The number of rotatable bonds is 8. The van der Waals surface area contributed by atoms with Gasteiger partial charge in [0, 0.05) is 37.3 Å². The molecule has 2 aromatic heterocycles. The molecule has 5 rings (SSSR count). The summed E-state index contributed by atoms with van der Waals surface area (Å²) in [6.45, 7) is 5.61. The number of anilines is 1. The van der Waals surface area contributed by atoms with Gasteiger partial charge in [0.15, 0.2) is 11.6 Å². The van der Waals surface area contributed by atoms with Crippen LogP contribution in [-0.4, -0.2) is 51.0 Å². The number of fused-ring (bicyclic) bond motifs is 1. The average molecular weight is 533 g/mol. The smallest absolute Gasteiger partial charge is 0.266 e. The Morgan fingerprint density at radius 2 is 1.82 bits per heavy atom. The molecule has 0 saturated carbocycles. The Hall–Kier alpha value is -4.18. The number of likely N-dealkylation sites (tertiary alicyclic amines) is 1. The Kier molecular flexibility index (Phi) is 7.92. The van der Waals surface area contributed by atoms with Crippen molar-refractivity contribution in [1.82, 2.24) is 24.8 Å². The number of hydrogen-bond donors (Lipinski definition) is 2. The fraction of sp³-hybridized carbons (Fsp3) is 0.310. The highest BCUT2D eigenvalue weighted by atomic mass is 19.2. The molecule has 202 valence electrons. The van der Waals surface area contributed by atoms with E-state index in [2.05, 4.69) is 38.5 Å². The van der Waals surface area contributed by atoms with Gasteiger partial charge >= 0.3 is 0 Å². The number of carbonyl (C=O) groups is 1. The normalized spacial score (nSPS) is 14.4. The van der Waals surface area contributed by atoms with Crippen molar-refractivity contribution >= 4 is 22.5 Å². The van der Waals surface area contributed by atoms with Crippen molar-refractivity contribution in [2.75, 3.05) is 25.0 Å². The lowest BCUT2D eigenvalue weighted by molar-refractivity contribution is 0.0948. The number of piperidine rings is 1. The molecule has 1 amide bonds. The van der Waals surface area contributed by atoms with Crippen LogP contribution in [0.3, 0.4) is 0 Å². The molecule has 3 heterocycles. The van der Waals surface area contributed by atoms with E-state index in [0.717, 1.165) is 66.8 Å². The summed E-state index contributed by atoms with van der Waals surface area (Å²) < 4.78 is 28.0. The van der Waals surface area contributed by atoms with Crippen LogP contribution in [-0.2, 0) is 13.1 Å². The van der Waals surface area contributed by atoms with Crippen LogP contribution in [0, 0.1) is 11.6 Å². The second-order valence-corrected chi connectivity index (χ2v) is 9.78. The lowest BCUT2D eigenvalue weighted by Crippen LogP contribution is -2.38. The maximum absolute atomic E-state index is 13.6. The first-order chi connectivity index (χ1) is 18.9. The molecular formula is C29H30F2N6O2. The van der Waals surface area contributed by atoms with Gasteiger partial charge in [-0.05, 0) is 60.8 Å². The van der Waals surface area contributed by atoms with Gasteiger partial charge in [0.05, 0.1) is 30.3 Å². The number of amides is 1. The number of aromatic nitrogens is 3. The molecule has 0 radical (unpaired) electrons. The van der Waals surface area contributed by atoms with Crippen molar-refractivity contribution in [3.8, 4) is 0 Å². The van der Waals surface area contributed by atoms with Crippen molar-refractivity contribution in [1.29, 1.82) is 0 Å². The highest BCUT2D eigenvalue weighted by Crippen LogP contribution is 2.21. The number of hydrogen-bond acceptors (Lipinski definition) is 6. The third kappa shape index (κ3) is 6.28. The summed E-state index contributed by atoms with van der Waals surface area (Å²) in [4.78, 5) is 36.7. The zero-order valence-corrected chi connectivity index (χ0v) is 21.7. The highest BCUT2D eigenvalue weighted by molar-refractivity contribution is 5.93. The summed E-state index contributed by atoms with van der Waals surface area (Å²) in [6.07, 6.45) is 6.50. The van der Waals surface area contributed by atoms with E-state index in [1.807, 2.05) is 24.4 Å². The van der Waals surface area contributed by atoms with Crippen LogP contribution in [0.15, 0.2) is 66.0 Å². The number of pyridine rings is 1. The van der Waals surface area contributed by atoms with Gasteiger partial charge in [0.25, 0.3) is 11.5 Å². The Bertz CT molecular complexity index is 1550. The van der Waals surface area contributed by atoms with E-state index in [1.54, 1.807) is 0 Å². The lowest BCUT2D eigenvalue weighted by Gasteiger charge is -2.32. The zero-order valence-electron chi connectivity index (χ0n) is 21.7. The Morgan fingerprint density at radius 1 is 1.03 bits per heavy atom. The largest absolute Gasteiger partial charge is 0.381 e. The molecule has 2 N–H and O–H groups in total. The lowest BCUT2D eigenvalue weighted by atomic mass is 10.0. The van der Waals surface area contributed by atoms with E-state index in [9.17, 15) is 18.4 Å². The standard InChI is InChI=1S/C29H30F2N6O2/c1-2-36-9-7-22(8-10-36)35-23-13-21-11-19(4-6-27(21)33-15-23)14-34-28(38)24-16-32-18-37(29(24)39)17-20-3-5-25(30)26(31)12-20/h3-6,11-13,15-16,18,22,35H,2,7-10,14,17H2,1H3,(H,34,38). The van der Waals surface area contributed by atoms with Gasteiger partial charge in [-0.2, -0.15) is 0 Å². The van der Waals surface area contributed by atoms with Gasteiger partial charge < -0.3 is 15.5 Å². The van der Waals surface area contributed by atoms with Crippen LogP contribution in [0.25, 0.3) is 10.9 Å². The van der Waals surface area contributed by atoms with Gasteiger partial charge in [0.2, 0.25) is 0 Å². The second kappa shape index (κ2) is 11.7. The minimum atomic E-state index is -1.01. The summed E-state index contributed by atoms with van der Waals surface area (Å²) in [6, 6.07) is 11.6. The third-order valence-electron chi connectivity index (χ3n) is 7.09. The fourth-order valence-corrected chi connectivity index (χ4v) is 4.83. The summed E-state index contributed by atoms with van der Waals surface area (Å²) in [7, 11) is 0. The molecule has 0 spiro atoms. The first kappa shape index (κ1) is 26.4. The molecular weight excluding hydrogens is 502 g/mol. The molecule has 1 aliphatic heterocycles. The van der Waals surface area contributed by atoms with Gasteiger partial charge in [0.1, 0.15) is 5.56 Å². The third-order valence-corrected chi connectivity index (χ3v) is 7.09. The topological polar surface area (TPSA) is 92.2 Å². The summed E-state index contributed by atoms with van der Waals surface area (Å²) >= 11 is 0. The molecule has 1 saturated heterocycles. The first-order valence-electron chi connectivity index (χ1n) is 13.0. The van der Waals surface area contributed by atoms with E-state index in [4.69, 9.17) is 0 Å². The van der Waals surface area contributed by atoms with E-state index in [-0.39, 0.29) is 18.7 Å². The molecule has 10 heteroatoms. The molecule has 39 heavy (non-hydrogen) atoms. The van der Waals surface area contributed by atoms with Crippen molar-refractivity contribution in [3.05, 3.63) is 99.9 Å². The Labute approximate surface area is 224 Å². The zero-order chi connectivity index (χ0) is 27.4. The van der Waals surface area contributed by atoms with Crippen molar-refractivity contribution in [2.45, 2.75) is 38.9 Å². The van der Waals surface area contributed by atoms with Crippen molar-refractivity contribution < 1.29 is 13.6 Å². The Balaban J connectivity index is 1.24. The monoisotopic (exact) mass is 532 g/mol. The van der Waals surface area contributed by atoms with Crippen LogP contribution in [0.5, 0.6) is 0 Å². The van der Waals surface area contributed by atoms with E-state index >= 15 is 0 Å². The van der Waals surface area contributed by atoms with Crippen LogP contribution < -0.4 is 16.2 Å². The SMILES string of the molecule is CCN1CCC(Nc2cnc3ccc(CNC(=O)c4cncn(Cc5ccc(F)c(F)c5)c4=O)cc3c2)CC1. The maximum atomic E-state index is 13.6. The van der Waals surface area contributed by atoms with Gasteiger partial charge in [-0.25, -0.2) is 13.8 Å². The molecule has 1 aliphatic rings. The van der Waals surface area contributed by atoms with Crippen LogP contribution >= 0.6 is 0 Å². The van der Waals surface area contributed by atoms with Gasteiger partial charge in [-0.15, -0.1) is 0 Å². The molecule has 2 aromatic carbocycles. The molecule has 8 nitrogen and oxygen atoms in total. The maximum Gasteiger partial charge on any atom is 0.266 e. The summed E-state index contributed by atoms with van der Waals surface area (Å²) in [5, 5.41) is 7.33. The molecule has 0 aliphatic carbocycles. The van der Waals surface area contributed by atoms with Gasteiger partial charge in [-0.1, -0.05) is 19.1 Å². The molecule has 0 bridgehead atoms. The Morgan fingerprint density at radius 3 is 2.59 bits per heavy atom. The molecule has 0 atom stereocenters. The predicted octanol–water partition coefficient (Wildman–Crippen LogP) is 3.94. The summed E-state index contributed by atoms with van der Waals surface area (Å²) in [5.74, 6) is -2.55. The number of carbonyl (C=O) groups excluding carboxylic acids is 1. The first-order valence-corrected chi connectivity index (χ1v) is 13.0. The number of benzene rings is 2. The van der Waals surface area contributed by atoms with Crippen molar-refractivity contribution in [3.63, 3.8) is 0 Å². The highest BCUT2D eigenvalue weighted by Gasteiger charge is 2.18. The average Bonchev–Trinajstić information content (AvgIpc) is 2.95. The van der Waals surface area contributed by atoms with Crippen molar-refractivity contribution in [2.24, 2.45) is 0 Å². The minimum absolute atomic E-state index is 0.0457. The fourth-order valence-electron chi connectivity index (χ4n) is 4.83. The van der Waals surface area contributed by atoms with Crippen LogP contribution in [0.4, 0.5) is 14.5 Å². The molecule has 0 unspecified atom stereocenters. The minimum Gasteiger partial charge on any atom is -0.381 e. The second-order valence-electron chi connectivity index (χ2n) is 9.78. The summed E-state index contributed by atoms with van der Waals surface area (Å²) in [5.41, 5.74) is 2.34. The predicted molar refractivity (Wildman–Crippen MR) is 146 cm³/mol. The van der Waals surface area contributed by atoms with E-state index in [1.165, 1.54) is 23.2 Å². The van der Waals surface area contributed by atoms with E-state index in [0.29, 0.717) is 11.6 Å². The number of halogens is 2. The van der Waals surface area contributed by atoms with E-state index < -0.39 is 23.1 Å². The van der Waals surface area contributed by atoms with Gasteiger partial charge in [-0.3, -0.25) is 19.1 Å².